The predicted octanol–water partition coefficient (Wildman–Crippen LogP) is 3.17. The Morgan fingerprint density at radius 2 is 1.67 bits per heavy atom. The van der Waals surface area contributed by atoms with Gasteiger partial charge in [-0.2, -0.15) is 0 Å². The van der Waals surface area contributed by atoms with Crippen molar-refractivity contribution in [2.45, 2.75) is 52.4 Å². The molecule has 0 rings (SSSR count). The fourth-order valence-electron chi connectivity index (χ4n) is 1.55. The van der Waals surface area contributed by atoms with E-state index in [1.54, 1.807) is 0 Å². The Hall–Kier alpha value is -1.32. The van der Waals surface area contributed by atoms with E-state index in [0.717, 1.165) is 37.3 Å². The second-order valence-electron chi connectivity index (χ2n) is 4.79. The second kappa shape index (κ2) is 10.8. The highest BCUT2D eigenvalue weighted by molar-refractivity contribution is 5.90. The Morgan fingerprint density at radius 3 is 2.28 bits per heavy atom. The van der Waals surface area contributed by atoms with Crippen molar-refractivity contribution in [2.24, 2.45) is 5.92 Å². The molecule has 0 aromatic heterocycles. The van der Waals surface area contributed by atoms with Crippen molar-refractivity contribution in [1.29, 1.82) is 0 Å². The minimum absolute atomic E-state index is 0.368. The van der Waals surface area contributed by atoms with Gasteiger partial charge in [-0.25, -0.2) is 9.59 Å². The lowest BCUT2D eigenvalue weighted by Crippen LogP contribution is -2.03. The molecule has 0 heterocycles. The van der Waals surface area contributed by atoms with Gasteiger partial charge in [-0.15, -0.1) is 0 Å². The van der Waals surface area contributed by atoms with Crippen molar-refractivity contribution >= 4 is 11.9 Å². The molecule has 0 aliphatic carbocycles. The standard InChI is InChI=1S/C14H24O4/c1-12(2)8-6-4-3-5-7-11-18-14(17)10-9-13(15)16/h9-10,12H,3-8,11H2,1-2H3,(H,15,16). The number of hydrogen-bond donors (Lipinski definition) is 1. The van der Waals surface area contributed by atoms with E-state index < -0.39 is 11.9 Å². The molecule has 0 radical (unpaired) electrons. The minimum atomic E-state index is -1.14. The fraction of sp³-hybridized carbons (Fsp3) is 0.714. The number of carbonyl (C=O) groups is 2. The first-order chi connectivity index (χ1) is 8.52. The van der Waals surface area contributed by atoms with E-state index in [4.69, 9.17) is 9.84 Å². The molecule has 0 unspecified atom stereocenters. The molecule has 18 heavy (non-hydrogen) atoms. The molecule has 0 atom stereocenters. The SMILES string of the molecule is CC(C)CCCCCCCOC(=O)C=CC(=O)O. The maximum atomic E-state index is 11.0. The summed E-state index contributed by atoms with van der Waals surface area (Å²) in [7, 11) is 0. The summed E-state index contributed by atoms with van der Waals surface area (Å²) in [6.07, 6.45) is 8.54. The van der Waals surface area contributed by atoms with Crippen molar-refractivity contribution in [3.8, 4) is 0 Å². The normalized spacial score (nSPS) is 11.1. The Kier molecular flexibility index (Phi) is 10.0. The molecule has 0 saturated heterocycles. The highest BCUT2D eigenvalue weighted by atomic mass is 16.5. The summed E-state index contributed by atoms with van der Waals surface area (Å²) >= 11 is 0. The molecule has 0 fully saturated rings. The number of hydrogen-bond acceptors (Lipinski definition) is 3. The molecule has 0 spiro atoms. The van der Waals surface area contributed by atoms with Crippen LogP contribution in [-0.2, 0) is 14.3 Å². The third-order valence-electron chi connectivity index (χ3n) is 2.53. The van der Waals surface area contributed by atoms with Crippen LogP contribution < -0.4 is 0 Å². The van der Waals surface area contributed by atoms with Crippen LogP contribution in [-0.4, -0.2) is 23.7 Å². The summed E-state index contributed by atoms with van der Waals surface area (Å²) in [6, 6.07) is 0. The van der Waals surface area contributed by atoms with Gasteiger partial charge in [0.15, 0.2) is 0 Å². The van der Waals surface area contributed by atoms with Gasteiger partial charge in [0.2, 0.25) is 0 Å². The van der Waals surface area contributed by atoms with E-state index in [1.165, 1.54) is 19.3 Å². The average molecular weight is 256 g/mol. The minimum Gasteiger partial charge on any atom is -0.478 e. The highest BCUT2D eigenvalue weighted by Crippen LogP contribution is 2.10. The Bertz CT molecular complexity index is 269. The van der Waals surface area contributed by atoms with Gasteiger partial charge in [-0.3, -0.25) is 0 Å². The lowest BCUT2D eigenvalue weighted by molar-refractivity contribution is -0.138. The zero-order valence-corrected chi connectivity index (χ0v) is 11.4. The number of carboxylic acids is 1. The van der Waals surface area contributed by atoms with Crippen LogP contribution in [0.4, 0.5) is 0 Å². The molecule has 0 aliphatic rings. The van der Waals surface area contributed by atoms with E-state index in [0.29, 0.717) is 6.61 Å². The number of esters is 1. The van der Waals surface area contributed by atoms with Crippen LogP contribution in [0.5, 0.6) is 0 Å². The van der Waals surface area contributed by atoms with Gasteiger partial charge in [0, 0.05) is 12.2 Å². The predicted molar refractivity (Wildman–Crippen MR) is 70.3 cm³/mol. The summed E-state index contributed by atoms with van der Waals surface area (Å²) in [5, 5.41) is 8.30. The summed E-state index contributed by atoms with van der Waals surface area (Å²) in [5.41, 5.74) is 0. The molecular formula is C14H24O4. The molecular weight excluding hydrogens is 232 g/mol. The van der Waals surface area contributed by atoms with Crippen LogP contribution >= 0.6 is 0 Å². The number of aliphatic carboxylic acids is 1. The zero-order chi connectivity index (χ0) is 13.8. The Morgan fingerprint density at radius 1 is 1.06 bits per heavy atom. The molecule has 0 aromatic carbocycles. The topological polar surface area (TPSA) is 63.6 Å². The van der Waals surface area contributed by atoms with Gasteiger partial charge in [-0.05, 0) is 12.3 Å². The highest BCUT2D eigenvalue weighted by Gasteiger charge is 1.98. The number of carboxylic acid groups (broad SMARTS) is 1. The van der Waals surface area contributed by atoms with Crippen molar-refractivity contribution in [3.63, 3.8) is 0 Å². The average Bonchev–Trinajstić information content (AvgIpc) is 2.29. The van der Waals surface area contributed by atoms with Gasteiger partial charge in [0.1, 0.15) is 0 Å². The van der Waals surface area contributed by atoms with E-state index in [1.807, 2.05) is 0 Å². The van der Waals surface area contributed by atoms with Crippen molar-refractivity contribution < 1.29 is 19.4 Å². The molecule has 4 heteroatoms. The second-order valence-corrected chi connectivity index (χ2v) is 4.79. The van der Waals surface area contributed by atoms with Gasteiger partial charge >= 0.3 is 11.9 Å². The molecule has 1 N–H and O–H groups in total. The third kappa shape index (κ3) is 12.7. The van der Waals surface area contributed by atoms with Crippen LogP contribution in [0.15, 0.2) is 12.2 Å². The van der Waals surface area contributed by atoms with Crippen molar-refractivity contribution in [3.05, 3.63) is 12.2 Å². The van der Waals surface area contributed by atoms with E-state index in [9.17, 15) is 9.59 Å². The summed E-state index contributed by atoms with van der Waals surface area (Å²) in [4.78, 5) is 21.1. The van der Waals surface area contributed by atoms with E-state index in [-0.39, 0.29) is 0 Å². The molecule has 0 aliphatic heterocycles. The van der Waals surface area contributed by atoms with Gasteiger partial charge < -0.3 is 9.84 Å². The smallest absolute Gasteiger partial charge is 0.331 e. The largest absolute Gasteiger partial charge is 0.478 e. The maximum absolute atomic E-state index is 11.0. The number of unbranched alkanes of at least 4 members (excludes halogenated alkanes) is 4. The van der Waals surface area contributed by atoms with Crippen LogP contribution in [0.1, 0.15) is 52.4 Å². The maximum Gasteiger partial charge on any atom is 0.331 e. The first-order valence-electron chi connectivity index (χ1n) is 6.60. The third-order valence-corrected chi connectivity index (χ3v) is 2.53. The molecule has 0 bridgehead atoms. The first kappa shape index (κ1) is 16.7. The van der Waals surface area contributed by atoms with E-state index >= 15 is 0 Å². The van der Waals surface area contributed by atoms with Gasteiger partial charge in [0.05, 0.1) is 6.61 Å². The van der Waals surface area contributed by atoms with Crippen LogP contribution in [0.25, 0.3) is 0 Å². The molecule has 104 valence electrons. The molecule has 0 saturated carbocycles. The summed E-state index contributed by atoms with van der Waals surface area (Å²) in [6.45, 7) is 4.82. The monoisotopic (exact) mass is 256 g/mol. The number of ether oxygens (including phenoxy) is 1. The van der Waals surface area contributed by atoms with Crippen molar-refractivity contribution in [2.75, 3.05) is 6.61 Å². The summed E-state index contributed by atoms with van der Waals surface area (Å²) in [5.74, 6) is -0.957. The first-order valence-corrected chi connectivity index (χ1v) is 6.60. The number of carbonyl (C=O) groups excluding carboxylic acids is 1. The molecule has 4 nitrogen and oxygen atoms in total. The molecule has 0 aromatic rings. The fourth-order valence-corrected chi connectivity index (χ4v) is 1.55. The van der Waals surface area contributed by atoms with Gasteiger partial charge in [-0.1, -0.05) is 46.0 Å². The van der Waals surface area contributed by atoms with Crippen LogP contribution in [0.3, 0.4) is 0 Å². The van der Waals surface area contributed by atoms with Crippen LogP contribution in [0, 0.1) is 5.92 Å². The van der Waals surface area contributed by atoms with E-state index in [2.05, 4.69) is 13.8 Å². The van der Waals surface area contributed by atoms with Crippen LogP contribution in [0.2, 0.25) is 0 Å². The number of rotatable bonds is 10. The quantitative estimate of drug-likeness (QED) is 0.370. The Balaban J connectivity index is 3.30. The molecule has 0 amide bonds. The lowest BCUT2D eigenvalue weighted by atomic mass is 10.0. The van der Waals surface area contributed by atoms with Gasteiger partial charge in [0.25, 0.3) is 0 Å². The zero-order valence-electron chi connectivity index (χ0n) is 11.4. The summed E-state index contributed by atoms with van der Waals surface area (Å²) < 4.78 is 4.85. The Labute approximate surface area is 109 Å². The lowest BCUT2D eigenvalue weighted by Gasteiger charge is -2.04. The van der Waals surface area contributed by atoms with Crippen molar-refractivity contribution in [1.82, 2.24) is 0 Å².